The Morgan fingerprint density at radius 3 is 1.61 bits per heavy atom. The number of thioether (sulfide) groups is 2. The lowest BCUT2D eigenvalue weighted by Gasteiger charge is -2.31. The second-order valence-corrected chi connectivity index (χ2v) is 26.8. The van der Waals surface area contributed by atoms with Crippen molar-refractivity contribution in [3.05, 3.63) is 209 Å². The highest BCUT2D eigenvalue weighted by atomic mass is 32.2. The van der Waals surface area contributed by atoms with Crippen LogP contribution in [0.25, 0.3) is 0 Å². The first-order chi connectivity index (χ1) is 48.2. The van der Waals surface area contributed by atoms with Crippen molar-refractivity contribution in [3.63, 3.8) is 0 Å². The number of hydrogen-bond donors (Lipinski definition) is 10. The molecule has 1 saturated heterocycles. The van der Waals surface area contributed by atoms with Gasteiger partial charge in [-0.2, -0.15) is 23.5 Å². The molecule has 100 heavy (non-hydrogen) atoms. The van der Waals surface area contributed by atoms with Gasteiger partial charge in [0.1, 0.15) is 61.3 Å². The van der Waals surface area contributed by atoms with Crippen molar-refractivity contribution < 1.29 is 62.2 Å². The minimum atomic E-state index is -1.72. The Labute approximate surface area is 591 Å². The predicted octanol–water partition coefficient (Wildman–Crippen LogP) is 4.97. The molecule has 1 fully saturated rings. The maximum atomic E-state index is 14.9. The molecule has 0 saturated carbocycles. The van der Waals surface area contributed by atoms with Crippen molar-refractivity contribution in [2.45, 2.75) is 133 Å². The van der Waals surface area contributed by atoms with Gasteiger partial charge in [0.15, 0.2) is 0 Å². The van der Waals surface area contributed by atoms with Crippen LogP contribution in [-0.4, -0.2) is 143 Å². The first kappa shape index (κ1) is 77.1. The number of primary amides is 2. The highest BCUT2D eigenvalue weighted by Crippen LogP contribution is 2.23. The molecule has 1 aliphatic rings. The summed E-state index contributed by atoms with van der Waals surface area (Å²) in [6.07, 6.45) is -1.19. The number of nitrogens with zero attached hydrogens (tertiary/aromatic N) is 1. The zero-order valence-corrected chi connectivity index (χ0v) is 58.0. The third-order valence-corrected chi connectivity index (χ3v) is 18.1. The summed E-state index contributed by atoms with van der Waals surface area (Å²) in [5.74, 6) is -6.30. The van der Waals surface area contributed by atoms with E-state index in [4.69, 9.17) is 20.9 Å². The lowest BCUT2D eigenvalue weighted by atomic mass is 9.99. The minimum absolute atomic E-state index is 0.00211. The van der Waals surface area contributed by atoms with Gasteiger partial charge in [0, 0.05) is 48.8 Å². The van der Waals surface area contributed by atoms with E-state index >= 15 is 0 Å². The van der Waals surface area contributed by atoms with Crippen LogP contribution in [0.4, 0.5) is 4.79 Å². The van der Waals surface area contributed by atoms with E-state index in [-0.39, 0.29) is 62.8 Å². The maximum Gasteiger partial charge on any atom is 0.407 e. The van der Waals surface area contributed by atoms with Crippen molar-refractivity contribution >= 4 is 88.7 Å². The zero-order chi connectivity index (χ0) is 71.8. The fourth-order valence-corrected chi connectivity index (χ4v) is 12.7. The van der Waals surface area contributed by atoms with Gasteiger partial charge in [0.2, 0.25) is 59.1 Å². The van der Waals surface area contributed by atoms with Crippen LogP contribution >= 0.6 is 23.5 Å². The Kier molecular flexibility index (Phi) is 31.3. The van der Waals surface area contributed by atoms with Gasteiger partial charge >= 0.3 is 6.09 Å². The molecule has 0 aliphatic carbocycles. The summed E-state index contributed by atoms with van der Waals surface area (Å²) in [7, 11) is 0. The molecular formula is C74H89N11O13S2. The summed E-state index contributed by atoms with van der Waals surface area (Å²) in [6, 6.07) is 42.1. The molecule has 0 spiro atoms. The maximum absolute atomic E-state index is 14.9. The second-order valence-electron chi connectivity index (χ2n) is 24.6. The zero-order valence-electron chi connectivity index (χ0n) is 56.3. The molecule has 6 aromatic carbocycles. The normalized spacial score (nSPS) is 14.3. The molecule has 0 bridgehead atoms. The van der Waals surface area contributed by atoms with Gasteiger partial charge in [-0.05, 0) is 77.6 Å². The Bertz CT molecular complexity index is 3680. The van der Waals surface area contributed by atoms with E-state index in [2.05, 4.69) is 42.5 Å². The Hall–Kier alpha value is -10.2. The van der Waals surface area contributed by atoms with E-state index in [1.165, 1.54) is 16.7 Å². The smallest absolute Gasteiger partial charge is 0.407 e. The van der Waals surface area contributed by atoms with Gasteiger partial charge in [-0.1, -0.05) is 177 Å². The molecule has 7 atom stereocenters. The second kappa shape index (κ2) is 40.6. The SMILES string of the molecule is Cc1ccc(CSCCC(=O)N[C@@H](Cc2ccc(OCc3ccccc3)cc2)C(=O)N[C@@H](Cc2ccccc2)C(=O)N[C@@H](CC(C)C)C(=O)N[C@@H](CC(N)=O)C(=O)N[C@@H](CSCc2ccccc2)C(=O)N2CCC[C@H]2C(=O)N[C@@H](CNC(=O)OCc2ccccc2)C(=O)NCC(N)=O)cc1. The summed E-state index contributed by atoms with van der Waals surface area (Å²) < 4.78 is 11.3. The van der Waals surface area contributed by atoms with Crippen molar-refractivity contribution in [3.8, 4) is 5.75 Å². The number of likely N-dealkylation sites (tertiary alicyclic amines) is 1. The lowest BCUT2D eigenvalue weighted by Crippen LogP contribution is -2.61. The van der Waals surface area contributed by atoms with E-state index in [1.54, 1.807) is 111 Å². The molecule has 11 amide bonds. The molecule has 1 aliphatic heterocycles. The number of alkyl carbamates (subject to hydrolysis) is 1. The van der Waals surface area contributed by atoms with Crippen LogP contribution in [0.2, 0.25) is 0 Å². The molecule has 24 nitrogen and oxygen atoms in total. The standard InChI is InChI=1S/C74H89N11O13S2/c1-48(2)37-57(80-70(92)59(38-50-17-8-4-9-18-50)81-69(91)58(79-66(88)34-36-99-45-55-28-26-49(3)27-29-55)39-51-30-32-56(33-31-51)97-43-52-19-10-5-11-20-52)68(90)82-60(40-64(75)86)71(93)84-62(47-100-46-54-23-14-7-15-24-54)73(95)85-35-16-25-63(85)72(94)83-61(67(89)77-42-65(76)87)41-78-74(96)98-44-53-21-12-6-13-22-53/h4-15,17-24,26-33,48,57-63H,16,25,34-47H2,1-3H3,(H2,75,86)(H2,76,87)(H,77,89)(H,78,96)(H,79,88)(H,80,92)(H,81,91)(H,82,90)(H,83,94)(H,84,93)/t57-,58-,59-,60-,61-,62-,63-/m0/s1. The van der Waals surface area contributed by atoms with Gasteiger partial charge in [-0.3, -0.25) is 47.9 Å². The molecule has 26 heteroatoms. The van der Waals surface area contributed by atoms with E-state index in [0.717, 1.165) is 22.3 Å². The fourth-order valence-electron chi connectivity index (χ4n) is 10.8. The molecule has 12 N–H and O–H groups in total. The van der Waals surface area contributed by atoms with Crippen LogP contribution in [0.15, 0.2) is 170 Å². The lowest BCUT2D eigenvalue weighted by molar-refractivity contribution is -0.142. The van der Waals surface area contributed by atoms with E-state index < -0.39 is 121 Å². The van der Waals surface area contributed by atoms with Crippen molar-refractivity contribution in [2.24, 2.45) is 17.4 Å². The van der Waals surface area contributed by atoms with Gasteiger partial charge in [0.05, 0.1) is 19.5 Å². The number of rotatable bonds is 39. The number of aryl methyl sites for hydroxylation is 1. The summed E-state index contributed by atoms with van der Waals surface area (Å²) in [5, 5.41) is 21.3. The van der Waals surface area contributed by atoms with Crippen LogP contribution < -0.4 is 58.7 Å². The average molecular weight is 1400 g/mol. The molecule has 0 unspecified atom stereocenters. The largest absolute Gasteiger partial charge is 0.489 e. The average Bonchev–Trinajstić information content (AvgIpc) is 1.60. The fraction of sp³-hybridized carbons (Fsp3) is 0.365. The van der Waals surface area contributed by atoms with Gasteiger partial charge in [-0.25, -0.2) is 4.79 Å². The van der Waals surface area contributed by atoms with Crippen molar-refractivity contribution in [2.75, 3.05) is 31.1 Å². The Morgan fingerprint density at radius 1 is 0.510 bits per heavy atom. The summed E-state index contributed by atoms with van der Waals surface area (Å²) in [4.78, 5) is 154. The van der Waals surface area contributed by atoms with Gasteiger partial charge in [0.25, 0.3) is 0 Å². The summed E-state index contributed by atoms with van der Waals surface area (Å²) in [5.41, 5.74) is 17.1. The molecule has 0 aromatic heterocycles. The van der Waals surface area contributed by atoms with E-state index in [0.29, 0.717) is 52.7 Å². The van der Waals surface area contributed by atoms with E-state index in [1.807, 2.05) is 91.9 Å². The van der Waals surface area contributed by atoms with Crippen LogP contribution in [0.5, 0.6) is 5.75 Å². The van der Waals surface area contributed by atoms with Crippen LogP contribution in [-0.2, 0) is 90.2 Å². The van der Waals surface area contributed by atoms with Gasteiger partial charge < -0.3 is 68.4 Å². The predicted molar refractivity (Wildman–Crippen MR) is 382 cm³/mol. The number of ether oxygens (including phenoxy) is 2. The number of hydrogen-bond acceptors (Lipinski definition) is 15. The third kappa shape index (κ3) is 26.9. The topological polar surface area (TPSA) is 358 Å². The van der Waals surface area contributed by atoms with Crippen LogP contribution in [0, 0.1) is 12.8 Å². The third-order valence-electron chi connectivity index (χ3n) is 16.0. The number of carbonyl (C=O) groups excluding carboxylic acids is 11. The number of nitrogens with one attached hydrogen (secondary N) is 8. The Morgan fingerprint density at radius 2 is 1.01 bits per heavy atom. The summed E-state index contributed by atoms with van der Waals surface area (Å²) in [6.45, 7) is 4.78. The Balaban J connectivity index is 1.07. The molecule has 7 rings (SSSR count). The number of benzene rings is 6. The first-order valence-electron chi connectivity index (χ1n) is 33.1. The number of carbonyl (C=O) groups is 11. The minimum Gasteiger partial charge on any atom is -0.489 e. The van der Waals surface area contributed by atoms with Gasteiger partial charge in [-0.15, -0.1) is 0 Å². The first-order valence-corrected chi connectivity index (χ1v) is 35.4. The molecule has 6 aromatic rings. The quantitative estimate of drug-likeness (QED) is 0.0228. The molecule has 530 valence electrons. The monoisotopic (exact) mass is 1400 g/mol. The van der Waals surface area contributed by atoms with Crippen molar-refractivity contribution in [1.29, 1.82) is 0 Å². The number of nitrogens with two attached hydrogens (primary N) is 2. The highest BCUT2D eigenvalue weighted by molar-refractivity contribution is 7.98. The van der Waals surface area contributed by atoms with E-state index in [9.17, 15) is 52.7 Å². The highest BCUT2D eigenvalue weighted by Gasteiger charge is 2.41. The van der Waals surface area contributed by atoms with Crippen LogP contribution in [0.1, 0.15) is 84.9 Å². The van der Waals surface area contributed by atoms with Crippen LogP contribution in [0.3, 0.4) is 0 Å². The molecular weight excluding hydrogens is 1320 g/mol. The summed E-state index contributed by atoms with van der Waals surface area (Å²) >= 11 is 2.85. The molecule has 1 heterocycles. The molecule has 0 radical (unpaired) electrons. The number of amides is 11. The van der Waals surface area contributed by atoms with Crippen molar-refractivity contribution in [1.82, 2.24) is 47.4 Å².